The summed E-state index contributed by atoms with van der Waals surface area (Å²) in [6.45, 7) is 3.23. The number of rotatable bonds is 6. The van der Waals surface area contributed by atoms with Gasteiger partial charge in [-0.15, -0.1) is 0 Å². The molecule has 2 N–H and O–H groups in total. The van der Waals surface area contributed by atoms with Crippen LogP contribution in [0.4, 0.5) is 10.5 Å². The molecule has 204 valence electrons. The van der Waals surface area contributed by atoms with Crippen molar-refractivity contribution in [2.24, 2.45) is 0 Å². The summed E-state index contributed by atoms with van der Waals surface area (Å²) < 4.78 is 5.32. The monoisotopic (exact) mass is 535 g/mol. The number of aryl methyl sites for hydroxylation is 2. The molecule has 3 amide bonds. The first-order chi connectivity index (χ1) is 19.4. The summed E-state index contributed by atoms with van der Waals surface area (Å²) in [5.74, 6) is -0.789. The summed E-state index contributed by atoms with van der Waals surface area (Å²) in [4.78, 5) is 42.6. The third-order valence-electron chi connectivity index (χ3n) is 7.44. The molecule has 4 aromatic rings. The molecular formula is C33H33N3O4. The quantitative estimate of drug-likeness (QED) is 0.257. The smallest absolute Gasteiger partial charge is 0.339 e. The number of aromatic nitrogens is 1. The van der Waals surface area contributed by atoms with Crippen LogP contribution in [0.5, 0.6) is 0 Å². The van der Waals surface area contributed by atoms with Crippen molar-refractivity contribution in [3.05, 3.63) is 95.1 Å². The van der Waals surface area contributed by atoms with E-state index in [2.05, 4.69) is 34.9 Å². The minimum absolute atomic E-state index is 0.310. The van der Waals surface area contributed by atoms with Gasteiger partial charge in [0.15, 0.2) is 6.61 Å². The van der Waals surface area contributed by atoms with Crippen LogP contribution in [0, 0.1) is 13.8 Å². The molecule has 1 fully saturated rings. The van der Waals surface area contributed by atoms with Crippen molar-refractivity contribution in [1.29, 1.82) is 0 Å². The van der Waals surface area contributed by atoms with E-state index in [0.717, 1.165) is 16.7 Å². The van der Waals surface area contributed by atoms with Gasteiger partial charge in [0.05, 0.1) is 16.8 Å². The van der Waals surface area contributed by atoms with Crippen molar-refractivity contribution in [3.63, 3.8) is 0 Å². The van der Waals surface area contributed by atoms with E-state index in [4.69, 9.17) is 9.72 Å². The molecular weight excluding hydrogens is 502 g/mol. The number of urea groups is 1. The molecule has 1 aliphatic carbocycles. The van der Waals surface area contributed by atoms with Crippen molar-refractivity contribution in [2.45, 2.75) is 51.9 Å². The van der Waals surface area contributed by atoms with Crippen LogP contribution in [-0.4, -0.2) is 29.5 Å². The van der Waals surface area contributed by atoms with Crippen LogP contribution in [0.25, 0.3) is 22.2 Å². The number of imide groups is 1. The number of anilines is 1. The van der Waals surface area contributed by atoms with Crippen LogP contribution in [0.15, 0.2) is 72.8 Å². The van der Waals surface area contributed by atoms with Gasteiger partial charge in [0.25, 0.3) is 5.91 Å². The van der Waals surface area contributed by atoms with E-state index in [0.29, 0.717) is 33.8 Å². The molecule has 40 heavy (non-hydrogen) atoms. The van der Waals surface area contributed by atoms with E-state index in [9.17, 15) is 14.4 Å². The predicted octanol–water partition coefficient (Wildman–Crippen LogP) is 7.07. The first kappa shape index (κ1) is 27.1. The Hall–Kier alpha value is -4.52. The Balaban J connectivity index is 1.27. The number of carbonyl (C=O) groups excluding carboxylic acids is 3. The fourth-order valence-corrected chi connectivity index (χ4v) is 5.33. The lowest BCUT2D eigenvalue weighted by atomic mass is 9.84. The molecule has 1 aromatic heterocycles. The summed E-state index contributed by atoms with van der Waals surface area (Å²) in [6.07, 6.45) is 6.32. The number of para-hydroxylation sites is 1. The van der Waals surface area contributed by atoms with E-state index >= 15 is 0 Å². The van der Waals surface area contributed by atoms with Gasteiger partial charge < -0.3 is 10.1 Å². The van der Waals surface area contributed by atoms with Gasteiger partial charge in [-0.05, 0) is 61.9 Å². The lowest BCUT2D eigenvalue weighted by Crippen LogP contribution is -2.37. The predicted molar refractivity (Wildman–Crippen MR) is 156 cm³/mol. The fourth-order valence-electron chi connectivity index (χ4n) is 5.33. The molecule has 1 saturated carbocycles. The zero-order chi connectivity index (χ0) is 28.1. The Kier molecular flexibility index (Phi) is 8.20. The summed E-state index contributed by atoms with van der Waals surface area (Å²) >= 11 is 0. The highest BCUT2D eigenvalue weighted by Crippen LogP contribution is 2.34. The van der Waals surface area contributed by atoms with Crippen LogP contribution in [-0.2, 0) is 9.53 Å². The Labute approximate surface area is 234 Å². The maximum atomic E-state index is 13.1. The van der Waals surface area contributed by atoms with Gasteiger partial charge in [-0.25, -0.2) is 14.6 Å². The van der Waals surface area contributed by atoms with Crippen molar-refractivity contribution < 1.29 is 19.1 Å². The molecule has 0 unspecified atom stereocenters. The maximum absolute atomic E-state index is 13.1. The highest BCUT2D eigenvalue weighted by molar-refractivity contribution is 6.06. The zero-order valence-corrected chi connectivity index (χ0v) is 22.8. The lowest BCUT2D eigenvalue weighted by Gasteiger charge is -2.22. The lowest BCUT2D eigenvalue weighted by molar-refractivity contribution is -0.123. The maximum Gasteiger partial charge on any atom is 0.339 e. The molecule has 5 rings (SSSR count). The molecule has 7 nitrogen and oxygen atoms in total. The number of carbonyl (C=O) groups is 3. The van der Waals surface area contributed by atoms with Gasteiger partial charge in [-0.2, -0.15) is 0 Å². The van der Waals surface area contributed by atoms with Gasteiger partial charge in [0.2, 0.25) is 0 Å². The van der Waals surface area contributed by atoms with E-state index in [1.165, 1.54) is 37.7 Å². The molecule has 0 spiro atoms. The number of pyridine rings is 1. The second-order valence-corrected chi connectivity index (χ2v) is 10.4. The Morgan fingerprint density at radius 3 is 2.40 bits per heavy atom. The Bertz CT molecular complexity index is 1560. The molecule has 7 heteroatoms. The highest BCUT2D eigenvalue weighted by atomic mass is 16.5. The molecule has 0 bridgehead atoms. The van der Waals surface area contributed by atoms with Crippen LogP contribution < -0.4 is 10.6 Å². The number of hydrogen-bond donors (Lipinski definition) is 2. The molecule has 0 saturated heterocycles. The van der Waals surface area contributed by atoms with Gasteiger partial charge >= 0.3 is 12.0 Å². The van der Waals surface area contributed by atoms with Crippen molar-refractivity contribution in [1.82, 2.24) is 10.3 Å². The third-order valence-corrected chi connectivity index (χ3v) is 7.44. The zero-order valence-electron chi connectivity index (χ0n) is 22.8. The molecule has 0 atom stereocenters. The largest absolute Gasteiger partial charge is 0.452 e. The molecule has 0 aliphatic heterocycles. The first-order valence-corrected chi connectivity index (χ1v) is 13.7. The number of nitrogens with zero attached hydrogens (tertiary/aromatic N) is 1. The van der Waals surface area contributed by atoms with E-state index < -0.39 is 24.5 Å². The number of ether oxygens (including phenoxy) is 1. The van der Waals surface area contributed by atoms with Gasteiger partial charge in [-0.3, -0.25) is 10.1 Å². The molecule has 1 heterocycles. The van der Waals surface area contributed by atoms with E-state index in [1.54, 1.807) is 18.2 Å². The van der Waals surface area contributed by atoms with Crippen molar-refractivity contribution in [3.8, 4) is 11.3 Å². The molecule has 0 radical (unpaired) electrons. The normalized spacial score (nSPS) is 13.6. The number of fused-ring (bicyclic) bond motifs is 1. The fraction of sp³-hybridized carbons (Fsp3) is 0.273. The SMILES string of the molecule is Cc1ccc(NC(=O)NC(=O)COC(=O)c2cc(-c3ccc(C4CCCCC4)cc3)nc3ccccc23)c(C)c1. The first-order valence-electron chi connectivity index (χ1n) is 13.7. The van der Waals surface area contributed by atoms with Gasteiger partial charge in [0.1, 0.15) is 0 Å². The molecule has 1 aliphatic rings. The van der Waals surface area contributed by atoms with Crippen LogP contribution in [0.1, 0.15) is 65.1 Å². The standard InChI is InChI=1S/C33H33N3O4/c1-21-12-17-28(22(2)18-21)35-33(39)36-31(37)20-40-32(38)27-19-30(34-29-11-7-6-10-26(27)29)25-15-13-24(14-16-25)23-8-4-3-5-9-23/h6-7,10-19,23H,3-5,8-9,20H2,1-2H3,(H2,35,36,37,39). The minimum atomic E-state index is -0.729. The number of benzene rings is 3. The number of esters is 1. The van der Waals surface area contributed by atoms with E-state index in [1.807, 2.05) is 44.2 Å². The van der Waals surface area contributed by atoms with Crippen LogP contribution in [0.3, 0.4) is 0 Å². The summed E-state index contributed by atoms with van der Waals surface area (Å²) in [6, 6.07) is 22.3. The summed E-state index contributed by atoms with van der Waals surface area (Å²) in [5.41, 5.74) is 6.39. The highest BCUT2D eigenvalue weighted by Gasteiger charge is 2.19. The van der Waals surface area contributed by atoms with E-state index in [-0.39, 0.29) is 0 Å². The number of hydrogen-bond acceptors (Lipinski definition) is 5. The Morgan fingerprint density at radius 1 is 0.900 bits per heavy atom. The summed E-state index contributed by atoms with van der Waals surface area (Å²) in [7, 11) is 0. The second kappa shape index (κ2) is 12.1. The molecule has 3 aromatic carbocycles. The van der Waals surface area contributed by atoms with Gasteiger partial charge in [0, 0.05) is 16.6 Å². The Morgan fingerprint density at radius 2 is 1.65 bits per heavy atom. The average molecular weight is 536 g/mol. The minimum Gasteiger partial charge on any atom is -0.452 e. The topological polar surface area (TPSA) is 97.4 Å². The van der Waals surface area contributed by atoms with Crippen LogP contribution in [0.2, 0.25) is 0 Å². The summed E-state index contributed by atoms with van der Waals surface area (Å²) in [5, 5.41) is 5.48. The number of amides is 3. The number of nitrogens with one attached hydrogen (secondary N) is 2. The van der Waals surface area contributed by atoms with Gasteiger partial charge in [-0.1, -0.05) is 79.4 Å². The van der Waals surface area contributed by atoms with Crippen molar-refractivity contribution in [2.75, 3.05) is 11.9 Å². The van der Waals surface area contributed by atoms with Crippen molar-refractivity contribution >= 4 is 34.5 Å². The third kappa shape index (κ3) is 6.37. The second-order valence-electron chi connectivity index (χ2n) is 10.4. The van der Waals surface area contributed by atoms with Crippen LogP contribution >= 0.6 is 0 Å². The average Bonchev–Trinajstić information content (AvgIpc) is 2.97.